The molecule has 0 saturated carbocycles. The maximum Gasteiger partial charge on any atom is 0.164 e. The summed E-state index contributed by atoms with van der Waals surface area (Å²) in [5, 5.41) is 0. The van der Waals surface area contributed by atoms with Crippen molar-refractivity contribution in [1.82, 2.24) is 0 Å². The third-order valence-electron chi connectivity index (χ3n) is 2.33. The molecule has 0 saturated heterocycles. The lowest BCUT2D eigenvalue weighted by atomic mass is 10.1. The Morgan fingerprint density at radius 3 is 1.53 bits per heavy atom. The molecule has 0 unspecified atom stereocenters. The van der Waals surface area contributed by atoms with Crippen LogP contribution in [0, 0.1) is 5.92 Å². The zero-order valence-corrected chi connectivity index (χ0v) is 11.2. The van der Waals surface area contributed by atoms with Gasteiger partial charge in [0.15, 0.2) is 12.6 Å². The SMILES string of the molecule is COC(OC)C(CCS(=O)(=O)[O-])C(OC)OC. The number of hydrogen-bond acceptors (Lipinski definition) is 7. The van der Waals surface area contributed by atoms with Crippen LogP contribution in [0.5, 0.6) is 0 Å². The first-order valence-electron chi connectivity index (χ1n) is 4.94. The van der Waals surface area contributed by atoms with Crippen molar-refractivity contribution in [2.75, 3.05) is 34.2 Å². The van der Waals surface area contributed by atoms with Gasteiger partial charge in [0.25, 0.3) is 0 Å². The Balaban J connectivity index is 4.71. The van der Waals surface area contributed by atoms with E-state index in [1.165, 1.54) is 28.4 Å². The van der Waals surface area contributed by atoms with Gasteiger partial charge in [-0.2, -0.15) is 0 Å². The van der Waals surface area contributed by atoms with E-state index < -0.39 is 34.4 Å². The smallest absolute Gasteiger partial charge is 0.164 e. The Bertz CT molecular complexity index is 270. The van der Waals surface area contributed by atoms with E-state index in [0.717, 1.165) is 0 Å². The van der Waals surface area contributed by atoms with Gasteiger partial charge in [-0.25, -0.2) is 8.42 Å². The largest absolute Gasteiger partial charge is 0.748 e. The predicted octanol–water partition coefficient (Wildman–Crippen LogP) is -0.224. The topological polar surface area (TPSA) is 94.1 Å². The zero-order chi connectivity index (χ0) is 13.5. The van der Waals surface area contributed by atoms with Gasteiger partial charge in [-0.05, 0) is 6.42 Å². The van der Waals surface area contributed by atoms with Crippen molar-refractivity contribution in [2.24, 2.45) is 5.92 Å². The fourth-order valence-corrected chi connectivity index (χ4v) is 2.13. The summed E-state index contributed by atoms with van der Waals surface area (Å²) < 4.78 is 52.0. The maximum absolute atomic E-state index is 10.6. The second kappa shape index (κ2) is 7.96. The highest BCUT2D eigenvalue weighted by atomic mass is 32.2. The molecule has 0 rings (SSSR count). The molecule has 0 aliphatic rings. The number of methoxy groups -OCH3 is 4. The van der Waals surface area contributed by atoms with Crippen molar-refractivity contribution in [2.45, 2.75) is 19.0 Å². The monoisotopic (exact) mass is 271 g/mol. The van der Waals surface area contributed by atoms with Crippen LogP contribution in [-0.4, -0.2) is 59.7 Å². The molecule has 0 aromatic rings. The summed E-state index contributed by atoms with van der Waals surface area (Å²) in [6.45, 7) is 0. The van der Waals surface area contributed by atoms with E-state index in [2.05, 4.69) is 0 Å². The lowest BCUT2D eigenvalue weighted by Crippen LogP contribution is -2.38. The fourth-order valence-electron chi connectivity index (χ4n) is 1.57. The summed E-state index contributed by atoms with van der Waals surface area (Å²) in [6, 6.07) is 0. The highest BCUT2D eigenvalue weighted by molar-refractivity contribution is 7.85. The van der Waals surface area contributed by atoms with Crippen LogP contribution in [-0.2, 0) is 29.1 Å². The summed E-state index contributed by atoms with van der Waals surface area (Å²) in [5.41, 5.74) is 0. The van der Waals surface area contributed by atoms with Crippen molar-refractivity contribution in [3.05, 3.63) is 0 Å². The van der Waals surface area contributed by atoms with Crippen molar-refractivity contribution in [3.8, 4) is 0 Å². The molecule has 0 N–H and O–H groups in total. The van der Waals surface area contributed by atoms with E-state index in [1.807, 2.05) is 0 Å². The Kier molecular flexibility index (Phi) is 7.84. The molecule has 0 radical (unpaired) electrons. The minimum absolute atomic E-state index is 0.0323. The van der Waals surface area contributed by atoms with Crippen molar-refractivity contribution < 1.29 is 31.9 Å². The van der Waals surface area contributed by atoms with Gasteiger partial charge in [0.05, 0.1) is 16.0 Å². The van der Waals surface area contributed by atoms with E-state index in [1.54, 1.807) is 0 Å². The molecule has 0 aliphatic heterocycles. The second-order valence-corrected chi connectivity index (χ2v) is 4.92. The van der Waals surface area contributed by atoms with Gasteiger partial charge in [-0.15, -0.1) is 0 Å². The summed E-state index contributed by atoms with van der Waals surface area (Å²) in [6.07, 6.45) is -1.38. The average molecular weight is 271 g/mol. The quantitative estimate of drug-likeness (QED) is 0.422. The number of rotatable bonds is 9. The molecule has 0 spiro atoms. The Labute approximate surface area is 102 Å². The fraction of sp³-hybridized carbons (Fsp3) is 1.00. The number of ether oxygens (including phenoxy) is 4. The second-order valence-electron chi connectivity index (χ2n) is 3.39. The maximum atomic E-state index is 10.6. The van der Waals surface area contributed by atoms with Crippen molar-refractivity contribution in [1.29, 1.82) is 0 Å². The molecule has 7 nitrogen and oxygen atoms in total. The molecule has 17 heavy (non-hydrogen) atoms. The summed E-state index contributed by atoms with van der Waals surface area (Å²) in [7, 11) is 1.36. The van der Waals surface area contributed by atoms with Crippen molar-refractivity contribution >= 4 is 10.1 Å². The normalized spacial score (nSPS) is 12.9. The first kappa shape index (κ1) is 16.8. The molecule has 0 aromatic carbocycles. The molecule has 0 amide bonds. The number of hydrogen-bond donors (Lipinski definition) is 0. The van der Waals surface area contributed by atoms with E-state index in [9.17, 15) is 13.0 Å². The molecule has 0 bridgehead atoms. The van der Waals surface area contributed by atoms with Crippen LogP contribution in [0.3, 0.4) is 0 Å². The first-order chi connectivity index (χ1) is 7.89. The molecular weight excluding hydrogens is 252 g/mol. The third-order valence-corrected chi connectivity index (χ3v) is 3.07. The molecule has 0 atom stereocenters. The summed E-state index contributed by atoms with van der Waals surface area (Å²) in [4.78, 5) is 0. The van der Waals surface area contributed by atoms with Gasteiger partial charge in [-0.1, -0.05) is 0 Å². The van der Waals surface area contributed by atoms with Crippen LogP contribution in [0.4, 0.5) is 0 Å². The van der Waals surface area contributed by atoms with Crippen LogP contribution in [0.15, 0.2) is 0 Å². The van der Waals surface area contributed by atoms with Crippen LogP contribution in [0.25, 0.3) is 0 Å². The Morgan fingerprint density at radius 2 is 1.29 bits per heavy atom. The van der Waals surface area contributed by atoms with E-state index in [0.29, 0.717) is 0 Å². The van der Waals surface area contributed by atoms with E-state index >= 15 is 0 Å². The van der Waals surface area contributed by atoms with Gasteiger partial charge in [0.1, 0.15) is 0 Å². The minimum atomic E-state index is -4.29. The van der Waals surface area contributed by atoms with Crippen LogP contribution >= 0.6 is 0 Å². The Hall–Kier alpha value is -0.250. The molecule has 0 aromatic heterocycles. The summed E-state index contributed by atoms with van der Waals surface area (Å²) in [5.74, 6) is -1.03. The van der Waals surface area contributed by atoms with Gasteiger partial charge in [0.2, 0.25) is 0 Å². The van der Waals surface area contributed by atoms with Gasteiger partial charge < -0.3 is 23.5 Å². The molecule has 104 valence electrons. The zero-order valence-electron chi connectivity index (χ0n) is 10.4. The Morgan fingerprint density at radius 1 is 0.941 bits per heavy atom. The van der Waals surface area contributed by atoms with E-state index in [4.69, 9.17) is 18.9 Å². The average Bonchev–Trinajstić information content (AvgIpc) is 2.26. The summed E-state index contributed by atoms with van der Waals surface area (Å²) >= 11 is 0. The van der Waals surface area contributed by atoms with Crippen LogP contribution < -0.4 is 0 Å². The highest BCUT2D eigenvalue weighted by Gasteiger charge is 2.30. The molecule has 8 heteroatoms. The lowest BCUT2D eigenvalue weighted by molar-refractivity contribution is -0.221. The standard InChI is InChI=1S/C9H20O7S/c1-13-8(14-2)7(9(15-3)16-4)5-6-17(10,11)12/h7-9H,5-6H2,1-4H3,(H,10,11,12)/p-1. The molecule has 0 fully saturated rings. The van der Waals surface area contributed by atoms with Gasteiger partial charge in [0, 0.05) is 34.2 Å². The van der Waals surface area contributed by atoms with Crippen LogP contribution in [0.2, 0.25) is 0 Å². The molecular formula is C9H19O7S-. The molecule has 0 heterocycles. The third kappa shape index (κ3) is 6.29. The minimum Gasteiger partial charge on any atom is -0.748 e. The lowest BCUT2D eigenvalue weighted by Gasteiger charge is -2.30. The van der Waals surface area contributed by atoms with E-state index in [-0.39, 0.29) is 6.42 Å². The highest BCUT2D eigenvalue weighted by Crippen LogP contribution is 2.21. The van der Waals surface area contributed by atoms with Crippen LogP contribution in [0.1, 0.15) is 6.42 Å². The predicted molar refractivity (Wildman–Crippen MR) is 58.3 cm³/mol. The molecule has 0 aliphatic carbocycles. The first-order valence-corrected chi connectivity index (χ1v) is 6.52. The van der Waals surface area contributed by atoms with Crippen molar-refractivity contribution in [3.63, 3.8) is 0 Å². The van der Waals surface area contributed by atoms with Gasteiger partial charge >= 0.3 is 0 Å². The van der Waals surface area contributed by atoms with Gasteiger partial charge in [-0.3, -0.25) is 0 Å².